The summed E-state index contributed by atoms with van der Waals surface area (Å²) >= 11 is 0. The van der Waals surface area contributed by atoms with E-state index in [-0.39, 0.29) is 0 Å². The van der Waals surface area contributed by atoms with Gasteiger partial charge in [-0.1, -0.05) is 35.9 Å². The minimum atomic E-state index is 0.320. The number of nitrogens with zero attached hydrogens (tertiary/aromatic N) is 1. The van der Waals surface area contributed by atoms with Gasteiger partial charge < -0.3 is 5.32 Å². The standard InChI is InChI=1S/C16H20N2/c1-12-4-6-14(7-5-12)9-16(17-3)15-8-13(2)10-18-11-15/h4-8,10-11,16-17H,9H2,1-3H3. The van der Waals surface area contributed by atoms with Gasteiger partial charge in [0.1, 0.15) is 0 Å². The van der Waals surface area contributed by atoms with Crippen LogP contribution in [0.1, 0.15) is 28.3 Å². The maximum Gasteiger partial charge on any atom is 0.0373 e. The highest BCUT2D eigenvalue weighted by Crippen LogP contribution is 2.18. The molecular weight excluding hydrogens is 220 g/mol. The summed E-state index contributed by atoms with van der Waals surface area (Å²) in [5, 5.41) is 3.37. The van der Waals surface area contributed by atoms with Gasteiger partial charge in [0.15, 0.2) is 0 Å². The molecule has 2 aromatic rings. The van der Waals surface area contributed by atoms with Crippen molar-refractivity contribution in [3.63, 3.8) is 0 Å². The lowest BCUT2D eigenvalue weighted by molar-refractivity contribution is 0.589. The van der Waals surface area contributed by atoms with Crippen molar-refractivity contribution >= 4 is 0 Å². The Morgan fingerprint density at radius 3 is 2.39 bits per heavy atom. The summed E-state index contributed by atoms with van der Waals surface area (Å²) in [4.78, 5) is 4.27. The molecule has 0 fully saturated rings. The van der Waals surface area contributed by atoms with Crippen LogP contribution in [0.15, 0.2) is 42.7 Å². The summed E-state index contributed by atoms with van der Waals surface area (Å²) in [5.41, 5.74) is 5.10. The lowest BCUT2D eigenvalue weighted by atomic mass is 9.99. The Kier molecular flexibility index (Phi) is 4.11. The molecule has 1 N–H and O–H groups in total. The van der Waals surface area contributed by atoms with Crippen LogP contribution in [-0.4, -0.2) is 12.0 Å². The lowest BCUT2D eigenvalue weighted by Gasteiger charge is -2.17. The predicted octanol–water partition coefficient (Wildman–Crippen LogP) is 3.20. The van der Waals surface area contributed by atoms with Gasteiger partial charge in [0.25, 0.3) is 0 Å². The molecule has 0 radical (unpaired) electrons. The summed E-state index contributed by atoms with van der Waals surface area (Å²) in [6.45, 7) is 4.19. The number of aryl methyl sites for hydroxylation is 2. The molecule has 94 valence electrons. The van der Waals surface area contributed by atoms with Crippen molar-refractivity contribution in [3.8, 4) is 0 Å². The van der Waals surface area contributed by atoms with E-state index in [4.69, 9.17) is 0 Å². The van der Waals surface area contributed by atoms with Crippen LogP contribution in [-0.2, 0) is 6.42 Å². The summed E-state index contributed by atoms with van der Waals surface area (Å²) in [6.07, 6.45) is 4.83. The molecule has 1 aromatic heterocycles. The van der Waals surface area contributed by atoms with Crippen LogP contribution in [0.3, 0.4) is 0 Å². The van der Waals surface area contributed by atoms with E-state index in [1.165, 1.54) is 22.3 Å². The van der Waals surface area contributed by atoms with Crippen molar-refractivity contribution in [1.29, 1.82) is 0 Å². The first-order chi connectivity index (χ1) is 8.69. The zero-order valence-corrected chi connectivity index (χ0v) is 11.3. The van der Waals surface area contributed by atoms with Gasteiger partial charge >= 0.3 is 0 Å². The normalized spacial score (nSPS) is 12.4. The van der Waals surface area contributed by atoms with E-state index in [1.807, 2.05) is 19.4 Å². The quantitative estimate of drug-likeness (QED) is 0.887. The Hall–Kier alpha value is -1.67. The van der Waals surface area contributed by atoms with Gasteiger partial charge in [-0.3, -0.25) is 4.98 Å². The first kappa shape index (κ1) is 12.8. The second-order valence-corrected chi connectivity index (χ2v) is 4.83. The first-order valence-electron chi connectivity index (χ1n) is 6.33. The van der Waals surface area contributed by atoms with Gasteiger partial charge in [0, 0.05) is 18.4 Å². The Labute approximate surface area is 109 Å². The van der Waals surface area contributed by atoms with Gasteiger partial charge in [-0.25, -0.2) is 0 Å². The topological polar surface area (TPSA) is 24.9 Å². The van der Waals surface area contributed by atoms with E-state index in [0.717, 1.165) is 6.42 Å². The molecule has 18 heavy (non-hydrogen) atoms. The average molecular weight is 240 g/mol. The second kappa shape index (κ2) is 5.78. The molecule has 0 bridgehead atoms. The monoisotopic (exact) mass is 240 g/mol. The molecule has 1 atom stereocenters. The molecule has 0 saturated heterocycles. The fraction of sp³-hybridized carbons (Fsp3) is 0.312. The molecular formula is C16H20N2. The zero-order chi connectivity index (χ0) is 13.0. The highest BCUT2D eigenvalue weighted by molar-refractivity contribution is 5.26. The van der Waals surface area contributed by atoms with Crippen molar-refractivity contribution in [1.82, 2.24) is 10.3 Å². The molecule has 2 rings (SSSR count). The number of rotatable bonds is 4. The van der Waals surface area contributed by atoms with Crippen LogP contribution in [0.2, 0.25) is 0 Å². The van der Waals surface area contributed by atoms with Gasteiger partial charge in [-0.2, -0.15) is 0 Å². The molecule has 2 nitrogen and oxygen atoms in total. The SMILES string of the molecule is CNC(Cc1ccc(C)cc1)c1cncc(C)c1. The van der Waals surface area contributed by atoms with Gasteiger partial charge in [-0.15, -0.1) is 0 Å². The Morgan fingerprint density at radius 2 is 1.78 bits per heavy atom. The third kappa shape index (κ3) is 3.17. The van der Waals surface area contributed by atoms with E-state index in [2.05, 4.69) is 54.5 Å². The van der Waals surface area contributed by atoms with Crippen LogP contribution < -0.4 is 5.32 Å². The van der Waals surface area contributed by atoms with E-state index in [1.54, 1.807) is 0 Å². The van der Waals surface area contributed by atoms with Gasteiger partial charge in [0.2, 0.25) is 0 Å². The van der Waals surface area contributed by atoms with Crippen LogP contribution in [0, 0.1) is 13.8 Å². The molecule has 0 aliphatic rings. The number of hydrogen-bond donors (Lipinski definition) is 1. The minimum Gasteiger partial charge on any atom is -0.313 e. The average Bonchev–Trinajstić information content (AvgIpc) is 2.38. The Balaban J connectivity index is 2.17. The third-order valence-electron chi connectivity index (χ3n) is 3.21. The number of hydrogen-bond acceptors (Lipinski definition) is 2. The van der Waals surface area contributed by atoms with Gasteiger partial charge in [-0.05, 0) is 44.0 Å². The third-order valence-corrected chi connectivity index (χ3v) is 3.21. The number of aromatic nitrogens is 1. The fourth-order valence-electron chi connectivity index (χ4n) is 2.12. The molecule has 0 amide bonds. The van der Waals surface area contributed by atoms with Crippen LogP contribution in [0.25, 0.3) is 0 Å². The molecule has 0 aliphatic carbocycles. The predicted molar refractivity (Wildman–Crippen MR) is 75.7 cm³/mol. The summed E-state index contributed by atoms with van der Waals surface area (Å²) < 4.78 is 0. The van der Waals surface area contributed by atoms with E-state index in [9.17, 15) is 0 Å². The van der Waals surface area contributed by atoms with Crippen LogP contribution in [0.5, 0.6) is 0 Å². The lowest BCUT2D eigenvalue weighted by Crippen LogP contribution is -2.19. The van der Waals surface area contributed by atoms with Crippen LogP contribution in [0.4, 0.5) is 0 Å². The maximum absolute atomic E-state index is 4.27. The molecule has 1 unspecified atom stereocenters. The van der Waals surface area contributed by atoms with Crippen molar-refractivity contribution < 1.29 is 0 Å². The van der Waals surface area contributed by atoms with Crippen LogP contribution >= 0.6 is 0 Å². The second-order valence-electron chi connectivity index (χ2n) is 4.83. The Morgan fingerprint density at radius 1 is 1.06 bits per heavy atom. The van der Waals surface area contributed by atoms with Crippen molar-refractivity contribution in [2.45, 2.75) is 26.3 Å². The molecule has 0 saturated carbocycles. The van der Waals surface area contributed by atoms with E-state index in [0.29, 0.717) is 6.04 Å². The minimum absolute atomic E-state index is 0.320. The summed E-state index contributed by atoms with van der Waals surface area (Å²) in [5.74, 6) is 0. The van der Waals surface area contributed by atoms with Crippen molar-refractivity contribution in [2.75, 3.05) is 7.05 Å². The zero-order valence-electron chi connectivity index (χ0n) is 11.3. The highest BCUT2D eigenvalue weighted by Gasteiger charge is 2.10. The number of pyridine rings is 1. The molecule has 0 spiro atoms. The molecule has 1 aromatic carbocycles. The largest absolute Gasteiger partial charge is 0.313 e. The summed E-state index contributed by atoms with van der Waals surface area (Å²) in [7, 11) is 2.00. The first-order valence-corrected chi connectivity index (χ1v) is 6.33. The summed E-state index contributed by atoms with van der Waals surface area (Å²) in [6, 6.07) is 11.2. The smallest absolute Gasteiger partial charge is 0.0373 e. The number of nitrogens with one attached hydrogen (secondary N) is 1. The van der Waals surface area contributed by atoms with Crippen molar-refractivity contribution in [2.24, 2.45) is 0 Å². The molecule has 2 heteroatoms. The fourth-order valence-corrected chi connectivity index (χ4v) is 2.12. The number of benzene rings is 1. The van der Waals surface area contributed by atoms with E-state index < -0.39 is 0 Å². The van der Waals surface area contributed by atoms with Crippen molar-refractivity contribution in [3.05, 3.63) is 65.0 Å². The molecule has 0 aliphatic heterocycles. The number of likely N-dealkylation sites (N-methyl/N-ethyl adjacent to an activating group) is 1. The highest BCUT2D eigenvalue weighted by atomic mass is 14.9. The van der Waals surface area contributed by atoms with E-state index >= 15 is 0 Å². The Bertz CT molecular complexity index is 503. The molecule has 1 heterocycles. The maximum atomic E-state index is 4.27. The van der Waals surface area contributed by atoms with Gasteiger partial charge in [0.05, 0.1) is 0 Å².